The van der Waals surface area contributed by atoms with Gasteiger partial charge in [0.25, 0.3) is 0 Å². The molecule has 1 N–H and O–H groups in total. The summed E-state index contributed by atoms with van der Waals surface area (Å²) in [5, 5.41) is 2.05. The van der Waals surface area contributed by atoms with Crippen LogP contribution in [0.1, 0.15) is 11.6 Å². The number of benzene rings is 2. The van der Waals surface area contributed by atoms with E-state index in [0.717, 1.165) is 19.2 Å². The van der Waals surface area contributed by atoms with Crippen molar-refractivity contribution in [1.82, 2.24) is 4.57 Å². The maximum Gasteiger partial charge on any atom is 0.471 e. The molecule has 29 heavy (non-hydrogen) atoms. The monoisotopic (exact) mass is 428 g/mol. The maximum absolute atomic E-state index is 13.4. The van der Waals surface area contributed by atoms with Gasteiger partial charge in [-0.3, -0.25) is 4.79 Å². The van der Waals surface area contributed by atoms with Crippen LogP contribution in [0.25, 0.3) is 10.9 Å². The predicted octanol–water partition coefficient (Wildman–Crippen LogP) is 4.70. The molecular formula is C19H13ClF4N2O3. The third-order valence-corrected chi connectivity index (χ3v) is 4.56. The van der Waals surface area contributed by atoms with Gasteiger partial charge in [-0.05, 0) is 30.3 Å². The number of nitrogens with one attached hydrogen (secondary N) is 1. The number of nitrogens with zero attached hydrogens (tertiary/aromatic N) is 1. The number of methoxy groups -OCH3 is 1. The van der Waals surface area contributed by atoms with Crippen LogP contribution in [0.3, 0.4) is 0 Å². The number of hydrogen-bond acceptors (Lipinski definition) is 3. The summed E-state index contributed by atoms with van der Waals surface area (Å²) in [6.45, 7) is 0. The smallest absolute Gasteiger partial charge is 0.467 e. The molecule has 1 unspecified atom stereocenters. The highest BCUT2D eigenvalue weighted by molar-refractivity contribution is 6.31. The van der Waals surface area contributed by atoms with E-state index in [-0.39, 0.29) is 21.7 Å². The van der Waals surface area contributed by atoms with Crippen LogP contribution in [0.15, 0.2) is 48.7 Å². The summed E-state index contributed by atoms with van der Waals surface area (Å²) in [6.07, 6.45) is -3.61. The number of anilines is 1. The predicted molar refractivity (Wildman–Crippen MR) is 98.2 cm³/mol. The topological polar surface area (TPSA) is 60.3 Å². The number of halogens is 5. The number of carbonyl (C=O) groups excluding carboxylic acids is 2. The Labute approximate surface area is 166 Å². The second kappa shape index (κ2) is 7.75. The number of esters is 1. The molecule has 0 aliphatic heterocycles. The lowest BCUT2D eigenvalue weighted by Gasteiger charge is -2.20. The summed E-state index contributed by atoms with van der Waals surface area (Å²) in [5.41, 5.74) is 0.486. The van der Waals surface area contributed by atoms with Gasteiger partial charge in [0.1, 0.15) is 5.82 Å². The molecule has 5 nitrogen and oxygen atoms in total. The zero-order valence-electron chi connectivity index (χ0n) is 14.8. The van der Waals surface area contributed by atoms with Gasteiger partial charge < -0.3 is 14.6 Å². The Hall–Kier alpha value is -3.07. The molecule has 0 aliphatic carbocycles. The van der Waals surface area contributed by atoms with Crippen LogP contribution in [-0.2, 0) is 14.3 Å². The summed E-state index contributed by atoms with van der Waals surface area (Å²) in [4.78, 5) is 23.8. The molecular weight excluding hydrogens is 416 g/mol. The van der Waals surface area contributed by atoms with E-state index in [1.807, 2.05) is 5.32 Å². The molecule has 10 heteroatoms. The molecule has 0 spiro atoms. The first-order valence-electron chi connectivity index (χ1n) is 8.14. The average Bonchev–Trinajstić information content (AvgIpc) is 3.07. The summed E-state index contributed by atoms with van der Waals surface area (Å²) in [7, 11) is 1.16. The highest BCUT2D eigenvalue weighted by Crippen LogP contribution is 2.34. The van der Waals surface area contributed by atoms with Crippen LogP contribution in [0.4, 0.5) is 23.2 Å². The SMILES string of the molecule is COC(=O)C(c1ccc(F)cc1Cl)n1ccc2c(NC(=O)C(F)(F)F)cccc21. The van der Waals surface area contributed by atoms with Crippen molar-refractivity contribution in [1.29, 1.82) is 0 Å². The Morgan fingerprint density at radius 3 is 2.52 bits per heavy atom. The number of amides is 1. The average molecular weight is 429 g/mol. The molecule has 0 radical (unpaired) electrons. The van der Waals surface area contributed by atoms with E-state index in [2.05, 4.69) is 0 Å². The Morgan fingerprint density at radius 2 is 1.90 bits per heavy atom. The fraction of sp³-hybridized carbons (Fsp3) is 0.158. The lowest BCUT2D eigenvalue weighted by molar-refractivity contribution is -0.167. The van der Waals surface area contributed by atoms with Crippen molar-refractivity contribution in [3.8, 4) is 0 Å². The van der Waals surface area contributed by atoms with E-state index < -0.39 is 29.9 Å². The first-order valence-corrected chi connectivity index (χ1v) is 8.51. The summed E-state index contributed by atoms with van der Waals surface area (Å²) in [5.74, 6) is -3.44. The van der Waals surface area contributed by atoms with Crippen LogP contribution < -0.4 is 5.32 Å². The third-order valence-electron chi connectivity index (χ3n) is 4.23. The van der Waals surface area contributed by atoms with Gasteiger partial charge in [0.15, 0.2) is 6.04 Å². The van der Waals surface area contributed by atoms with E-state index in [9.17, 15) is 27.2 Å². The van der Waals surface area contributed by atoms with E-state index in [0.29, 0.717) is 5.52 Å². The molecule has 0 fully saturated rings. The molecule has 3 aromatic rings. The van der Waals surface area contributed by atoms with Crippen molar-refractivity contribution in [2.75, 3.05) is 12.4 Å². The van der Waals surface area contributed by atoms with Crippen LogP contribution >= 0.6 is 11.6 Å². The van der Waals surface area contributed by atoms with Crippen molar-refractivity contribution in [2.45, 2.75) is 12.2 Å². The van der Waals surface area contributed by atoms with Crippen LogP contribution in [-0.4, -0.2) is 29.7 Å². The normalized spacial score (nSPS) is 12.6. The van der Waals surface area contributed by atoms with Gasteiger partial charge in [-0.15, -0.1) is 0 Å². The van der Waals surface area contributed by atoms with Gasteiger partial charge in [0, 0.05) is 22.2 Å². The third kappa shape index (κ3) is 4.04. The van der Waals surface area contributed by atoms with Crippen molar-refractivity contribution < 1.29 is 31.9 Å². The molecule has 0 saturated carbocycles. The molecule has 0 aliphatic rings. The highest BCUT2D eigenvalue weighted by atomic mass is 35.5. The molecule has 0 bridgehead atoms. The van der Waals surface area contributed by atoms with Crippen molar-refractivity contribution in [3.63, 3.8) is 0 Å². The van der Waals surface area contributed by atoms with Crippen LogP contribution in [0, 0.1) is 5.82 Å². The van der Waals surface area contributed by atoms with Gasteiger partial charge in [-0.1, -0.05) is 23.7 Å². The minimum atomic E-state index is -5.05. The molecule has 1 aromatic heterocycles. The second-order valence-electron chi connectivity index (χ2n) is 6.00. The largest absolute Gasteiger partial charge is 0.471 e. The van der Waals surface area contributed by atoms with Gasteiger partial charge in [-0.2, -0.15) is 13.2 Å². The van der Waals surface area contributed by atoms with Crippen LogP contribution in [0.2, 0.25) is 5.02 Å². The summed E-state index contributed by atoms with van der Waals surface area (Å²) < 4.78 is 57.5. The Kier molecular flexibility index (Phi) is 5.52. The number of carbonyl (C=O) groups is 2. The second-order valence-corrected chi connectivity index (χ2v) is 6.41. The van der Waals surface area contributed by atoms with E-state index >= 15 is 0 Å². The Bertz CT molecular complexity index is 1090. The van der Waals surface area contributed by atoms with Gasteiger partial charge in [0.2, 0.25) is 0 Å². The van der Waals surface area contributed by atoms with E-state index in [1.54, 1.807) is 6.07 Å². The molecule has 0 saturated heterocycles. The Morgan fingerprint density at radius 1 is 1.17 bits per heavy atom. The van der Waals surface area contributed by atoms with E-state index in [4.69, 9.17) is 16.3 Å². The van der Waals surface area contributed by atoms with Crippen molar-refractivity contribution in [2.24, 2.45) is 0 Å². The van der Waals surface area contributed by atoms with Gasteiger partial charge in [0.05, 0.1) is 18.3 Å². The number of ether oxygens (including phenoxy) is 1. The first kappa shape index (κ1) is 20.7. The molecule has 1 atom stereocenters. The number of alkyl halides is 3. The number of hydrogen-bond donors (Lipinski definition) is 1. The van der Waals surface area contributed by atoms with Gasteiger partial charge >= 0.3 is 18.1 Å². The maximum atomic E-state index is 13.4. The van der Waals surface area contributed by atoms with Crippen LogP contribution in [0.5, 0.6) is 0 Å². The van der Waals surface area contributed by atoms with Gasteiger partial charge in [-0.25, -0.2) is 9.18 Å². The minimum absolute atomic E-state index is 0.0243. The highest BCUT2D eigenvalue weighted by Gasteiger charge is 2.39. The fourth-order valence-corrected chi connectivity index (χ4v) is 3.21. The first-order chi connectivity index (χ1) is 13.6. The minimum Gasteiger partial charge on any atom is -0.467 e. The number of aromatic nitrogens is 1. The summed E-state index contributed by atoms with van der Waals surface area (Å²) in [6, 6.07) is 8.06. The number of rotatable bonds is 4. The quantitative estimate of drug-likeness (QED) is 0.484. The fourth-order valence-electron chi connectivity index (χ4n) is 2.94. The lowest BCUT2D eigenvalue weighted by atomic mass is 10.1. The molecule has 1 heterocycles. The Balaban J connectivity index is 2.13. The van der Waals surface area contributed by atoms with Crippen molar-refractivity contribution in [3.05, 3.63) is 65.1 Å². The molecule has 2 aromatic carbocycles. The molecule has 152 valence electrons. The van der Waals surface area contributed by atoms with Crippen molar-refractivity contribution >= 4 is 40.1 Å². The zero-order valence-corrected chi connectivity index (χ0v) is 15.5. The summed E-state index contributed by atoms with van der Waals surface area (Å²) >= 11 is 6.10. The number of fused-ring (bicyclic) bond motifs is 1. The molecule has 1 amide bonds. The molecule has 3 rings (SSSR count). The lowest BCUT2D eigenvalue weighted by Crippen LogP contribution is -2.30. The standard InChI is InChI=1S/C19H13ClF4N2O3/c1-29-17(27)16(11-6-5-10(21)9-13(11)20)26-8-7-12-14(3-2-4-15(12)26)25-18(28)19(22,23)24/h2-9,16H,1H3,(H,25,28). The zero-order chi connectivity index (χ0) is 21.3. The van der Waals surface area contributed by atoms with E-state index in [1.165, 1.54) is 35.0 Å².